The van der Waals surface area contributed by atoms with Gasteiger partial charge in [0, 0.05) is 0 Å². The van der Waals surface area contributed by atoms with Gasteiger partial charge < -0.3 is 10.8 Å². The molecule has 0 aliphatic rings. The van der Waals surface area contributed by atoms with E-state index in [0.29, 0.717) is 0 Å². The summed E-state index contributed by atoms with van der Waals surface area (Å²) in [6, 6.07) is 5.65. The Morgan fingerprint density at radius 3 is 2.90 bits per heavy atom. The van der Waals surface area contributed by atoms with Gasteiger partial charge in [-0.05, 0) is 18.2 Å². The molecule has 0 fully saturated rings. The van der Waals surface area contributed by atoms with E-state index in [1.54, 1.807) is 0 Å². The highest BCUT2D eigenvalue weighted by atomic mass is 32.2. The number of aromatic nitrogens is 3. The summed E-state index contributed by atoms with van der Waals surface area (Å²) in [6.07, 6.45) is 0. The Balaban J connectivity index is 2.44. The quantitative estimate of drug-likeness (QED) is 0.808. The van der Waals surface area contributed by atoms with Crippen LogP contribution in [0.2, 0.25) is 0 Å². The number of hydrogen-bond donors (Lipinski definition) is 2. The summed E-state index contributed by atoms with van der Waals surface area (Å²) in [7, 11) is 0. The lowest BCUT2D eigenvalue weighted by molar-refractivity contribution is -0.133. The van der Waals surface area contributed by atoms with Crippen LogP contribution in [0.25, 0.3) is 5.69 Å². The van der Waals surface area contributed by atoms with E-state index >= 15 is 0 Å². The molecule has 0 saturated carbocycles. The second kappa shape index (κ2) is 5.58. The number of nitriles is 1. The largest absolute Gasteiger partial charge is 0.481 e. The fourth-order valence-corrected chi connectivity index (χ4v) is 2.16. The second-order valence-electron chi connectivity index (χ2n) is 3.64. The number of carboxylic acids is 1. The lowest BCUT2D eigenvalue weighted by Gasteiger charge is -2.08. The molecule has 0 bridgehead atoms. The van der Waals surface area contributed by atoms with Gasteiger partial charge in [0.2, 0.25) is 5.95 Å². The summed E-state index contributed by atoms with van der Waals surface area (Å²) in [5.41, 5.74) is 5.84. The summed E-state index contributed by atoms with van der Waals surface area (Å²) in [5.74, 6) is -2.03. The summed E-state index contributed by atoms with van der Waals surface area (Å²) in [5, 5.41) is 24.8. The number of nitrogens with zero attached hydrogens (tertiary/aromatic N) is 4. The van der Waals surface area contributed by atoms with Gasteiger partial charge in [0.15, 0.2) is 5.16 Å². The van der Waals surface area contributed by atoms with Crippen LogP contribution in [0.5, 0.6) is 0 Å². The molecular formula is C11H8FN5O2S. The van der Waals surface area contributed by atoms with Gasteiger partial charge in [-0.15, -0.1) is 10.2 Å². The third-order valence-corrected chi connectivity index (χ3v) is 3.21. The number of carbonyl (C=O) groups is 1. The Morgan fingerprint density at radius 2 is 2.30 bits per heavy atom. The van der Waals surface area contributed by atoms with Gasteiger partial charge in [-0.3, -0.25) is 9.36 Å². The molecule has 9 heteroatoms. The van der Waals surface area contributed by atoms with Crippen molar-refractivity contribution < 1.29 is 14.3 Å². The maximum absolute atomic E-state index is 14.0. The lowest BCUT2D eigenvalue weighted by Crippen LogP contribution is -2.06. The predicted octanol–water partition coefficient (Wildman–Crippen LogP) is 1.04. The molecule has 0 atom stereocenters. The maximum atomic E-state index is 14.0. The topological polar surface area (TPSA) is 118 Å². The average molecular weight is 293 g/mol. The van der Waals surface area contributed by atoms with E-state index in [-0.39, 0.29) is 28.1 Å². The molecule has 0 unspecified atom stereocenters. The third kappa shape index (κ3) is 2.70. The van der Waals surface area contributed by atoms with Crippen molar-refractivity contribution >= 4 is 23.7 Å². The number of anilines is 1. The van der Waals surface area contributed by atoms with E-state index < -0.39 is 11.8 Å². The fraction of sp³-hybridized carbons (Fsp3) is 0.0909. The van der Waals surface area contributed by atoms with Crippen molar-refractivity contribution in [1.29, 1.82) is 5.26 Å². The van der Waals surface area contributed by atoms with Crippen molar-refractivity contribution in [2.24, 2.45) is 0 Å². The lowest BCUT2D eigenvalue weighted by atomic mass is 10.2. The normalized spacial score (nSPS) is 10.2. The van der Waals surface area contributed by atoms with Crippen LogP contribution in [0.3, 0.4) is 0 Å². The van der Waals surface area contributed by atoms with Crippen LogP contribution < -0.4 is 5.73 Å². The zero-order valence-corrected chi connectivity index (χ0v) is 10.8. The number of nitrogens with two attached hydrogens (primary N) is 1. The molecule has 1 aromatic heterocycles. The number of benzene rings is 1. The van der Waals surface area contributed by atoms with Crippen molar-refractivity contribution in [3.05, 3.63) is 29.6 Å². The zero-order chi connectivity index (χ0) is 14.7. The van der Waals surface area contributed by atoms with Crippen LogP contribution in [-0.4, -0.2) is 31.6 Å². The molecule has 0 amide bonds. The minimum absolute atomic E-state index is 0.0550. The number of thioether (sulfide) groups is 1. The van der Waals surface area contributed by atoms with E-state index in [2.05, 4.69) is 10.2 Å². The van der Waals surface area contributed by atoms with Gasteiger partial charge in [-0.1, -0.05) is 11.8 Å². The minimum atomic E-state index is -1.04. The van der Waals surface area contributed by atoms with Crippen molar-refractivity contribution in [2.75, 3.05) is 11.5 Å². The fourth-order valence-electron chi connectivity index (χ4n) is 1.49. The van der Waals surface area contributed by atoms with Crippen molar-refractivity contribution in [2.45, 2.75) is 5.16 Å². The second-order valence-corrected chi connectivity index (χ2v) is 4.58. The number of halogens is 1. The Morgan fingerprint density at radius 1 is 1.55 bits per heavy atom. The number of nitrogen functional groups attached to an aromatic ring is 1. The van der Waals surface area contributed by atoms with Gasteiger partial charge >= 0.3 is 5.97 Å². The molecule has 1 heterocycles. The number of hydrogen-bond acceptors (Lipinski definition) is 6. The number of rotatable bonds is 4. The smallest absolute Gasteiger partial charge is 0.313 e. The first-order chi connectivity index (χ1) is 9.52. The Hall–Kier alpha value is -2.60. The molecule has 2 aromatic rings. The molecule has 0 saturated heterocycles. The third-order valence-electron chi connectivity index (χ3n) is 2.30. The maximum Gasteiger partial charge on any atom is 0.313 e. The highest BCUT2D eigenvalue weighted by Crippen LogP contribution is 2.25. The van der Waals surface area contributed by atoms with Gasteiger partial charge in [0.1, 0.15) is 5.82 Å². The number of carboxylic acid groups (broad SMARTS) is 1. The van der Waals surface area contributed by atoms with Gasteiger partial charge in [0.05, 0.1) is 23.1 Å². The molecule has 3 N–H and O–H groups in total. The zero-order valence-electron chi connectivity index (χ0n) is 9.95. The van der Waals surface area contributed by atoms with Gasteiger partial charge in [0.25, 0.3) is 0 Å². The molecule has 7 nitrogen and oxygen atoms in total. The first kappa shape index (κ1) is 13.8. The van der Waals surface area contributed by atoms with E-state index in [0.717, 1.165) is 17.8 Å². The monoisotopic (exact) mass is 293 g/mol. The highest BCUT2D eigenvalue weighted by molar-refractivity contribution is 7.99. The molecule has 0 aliphatic heterocycles. The molecule has 1 aromatic carbocycles. The van der Waals surface area contributed by atoms with Crippen LogP contribution in [0.1, 0.15) is 5.56 Å². The summed E-state index contributed by atoms with van der Waals surface area (Å²) in [6.45, 7) is 0. The predicted molar refractivity (Wildman–Crippen MR) is 68.8 cm³/mol. The van der Waals surface area contributed by atoms with Crippen molar-refractivity contribution in [3.63, 3.8) is 0 Å². The minimum Gasteiger partial charge on any atom is -0.481 e. The molecule has 102 valence electrons. The average Bonchev–Trinajstić information content (AvgIpc) is 2.77. The van der Waals surface area contributed by atoms with Crippen molar-refractivity contribution in [3.8, 4) is 11.8 Å². The van der Waals surface area contributed by atoms with E-state index in [1.807, 2.05) is 6.07 Å². The SMILES string of the molecule is N#Cc1ccc(-n2c(N)nnc2SCC(=O)O)c(F)c1. The van der Waals surface area contributed by atoms with Crippen LogP contribution in [0, 0.1) is 17.1 Å². The first-order valence-corrected chi connectivity index (χ1v) is 6.27. The standard InChI is InChI=1S/C11H8FN5O2S/c12-7-3-6(4-13)1-2-8(7)17-10(14)15-16-11(17)20-5-9(18)19/h1-3H,5H2,(H2,14,15)(H,18,19). The summed E-state index contributed by atoms with van der Waals surface area (Å²) < 4.78 is 15.1. The summed E-state index contributed by atoms with van der Waals surface area (Å²) >= 11 is 0.868. The molecule has 0 aliphatic carbocycles. The van der Waals surface area contributed by atoms with Crippen LogP contribution in [0.15, 0.2) is 23.4 Å². The number of aliphatic carboxylic acids is 1. The van der Waals surface area contributed by atoms with Crippen LogP contribution in [0.4, 0.5) is 10.3 Å². The molecular weight excluding hydrogens is 285 g/mol. The Labute approximate surface area is 116 Å². The Bertz CT molecular complexity index is 709. The van der Waals surface area contributed by atoms with Crippen LogP contribution >= 0.6 is 11.8 Å². The van der Waals surface area contributed by atoms with E-state index in [9.17, 15) is 9.18 Å². The van der Waals surface area contributed by atoms with Crippen LogP contribution in [-0.2, 0) is 4.79 Å². The first-order valence-electron chi connectivity index (χ1n) is 5.28. The molecule has 0 spiro atoms. The van der Waals surface area contributed by atoms with E-state index in [4.69, 9.17) is 16.1 Å². The molecule has 20 heavy (non-hydrogen) atoms. The Kier molecular flexibility index (Phi) is 3.86. The van der Waals surface area contributed by atoms with E-state index in [1.165, 1.54) is 16.7 Å². The highest BCUT2D eigenvalue weighted by Gasteiger charge is 2.16. The van der Waals surface area contributed by atoms with Gasteiger partial charge in [-0.2, -0.15) is 5.26 Å². The van der Waals surface area contributed by atoms with Crippen molar-refractivity contribution in [1.82, 2.24) is 14.8 Å². The molecule has 0 radical (unpaired) electrons. The van der Waals surface area contributed by atoms with Gasteiger partial charge in [-0.25, -0.2) is 4.39 Å². The molecule has 2 rings (SSSR count). The summed E-state index contributed by atoms with van der Waals surface area (Å²) in [4.78, 5) is 10.6.